The van der Waals surface area contributed by atoms with Gasteiger partial charge in [-0.3, -0.25) is 0 Å². The Morgan fingerprint density at radius 1 is 0.571 bits per heavy atom. The summed E-state index contributed by atoms with van der Waals surface area (Å²) in [5.41, 5.74) is 11.7. The summed E-state index contributed by atoms with van der Waals surface area (Å²) < 4.78 is 0. The van der Waals surface area contributed by atoms with Gasteiger partial charge in [0.05, 0.1) is 39.3 Å². The molecule has 4 nitrogen and oxygen atoms in total. The Bertz CT molecular complexity index is 100. The van der Waals surface area contributed by atoms with Crippen LogP contribution in [0.4, 0.5) is 0 Å². The summed E-state index contributed by atoms with van der Waals surface area (Å²) in [7, 11) is 0. The van der Waals surface area contributed by atoms with Gasteiger partial charge in [0.1, 0.15) is 0 Å². The largest absolute Gasteiger partial charge is 0.358 e. The van der Waals surface area contributed by atoms with E-state index in [1.54, 1.807) is 4.90 Å². The van der Waals surface area contributed by atoms with Crippen LogP contribution in [0.25, 0.3) is 0 Å². The average molecular weight is 206 g/mol. The van der Waals surface area contributed by atoms with Crippen LogP contribution < -0.4 is 22.1 Å². The fourth-order valence-electron chi connectivity index (χ4n) is 1.68. The van der Waals surface area contributed by atoms with E-state index in [4.69, 9.17) is 0 Å². The van der Waals surface area contributed by atoms with Crippen LogP contribution in [0, 0.1) is 0 Å². The molecule has 0 aliphatic carbocycles. The fourth-order valence-corrected chi connectivity index (χ4v) is 1.68. The molecule has 0 rings (SSSR count). The normalized spacial score (nSPS) is 11.1. The molecule has 4 heteroatoms. The van der Waals surface area contributed by atoms with E-state index < -0.39 is 0 Å². The average Bonchev–Trinajstić information content (AvgIpc) is 2.21. The van der Waals surface area contributed by atoms with E-state index in [0.29, 0.717) is 0 Å². The zero-order valence-corrected chi connectivity index (χ0v) is 9.69. The molecule has 0 heterocycles. The predicted molar refractivity (Wildman–Crippen MR) is 57.3 cm³/mol. The Morgan fingerprint density at radius 3 is 1.43 bits per heavy atom. The predicted octanol–water partition coefficient (Wildman–Crippen LogP) is -3.84. The van der Waals surface area contributed by atoms with Crippen molar-refractivity contribution in [2.75, 3.05) is 39.3 Å². The third-order valence-electron chi connectivity index (χ3n) is 2.59. The first-order valence-corrected chi connectivity index (χ1v) is 6.06. The van der Waals surface area contributed by atoms with Gasteiger partial charge in [0.25, 0.3) is 0 Å². The van der Waals surface area contributed by atoms with Gasteiger partial charge in [0.15, 0.2) is 0 Å². The lowest BCUT2D eigenvalue weighted by atomic mass is 10.2. The van der Waals surface area contributed by atoms with E-state index in [1.807, 2.05) is 0 Å². The zero-order chi connectivity index (χ0) is 10.6. The topological polar surface area (TPSA) is 87.4 Å². The summed E-state index contributed by atoms with van der Waals surface area (Å²) in [6.07, 6.45) is 5.12. The van der Waals surface area contributed by atoms with Crippen molar-refractivity contribution in [2.45, 2.75) is 25.7 Å². The molecule has 10 N–H and O–H groups in total. The molecule has 0 saturated carbocycles. The molecule has 0 fully saturated rings. The van der Waals surface area contributed by atoms with Crippen molar-refractivity contribution in [3.8, 4) is 0 Å². The van der Waals surface area contributed by atoms with E-state index in [-0.39, 0.29) is 0 Å². The lowest BCUT2D eigenvalue weighted by molar-refractivity contribution is -0.902. The monoisotopic (exact) mass is 206 g/mol. The lowest BCUT2D eigenvalue weighted by Crippen LogP contribution is -3.12. The van der Waals surface area contributed by atoms with Crippen LogP contribution >= 0.6 is 0 Å². The molecule has 86 valence electrons. The second-order valence-electron chi connectivity index (χ2n) is 3.97. The molecule has 0 unspecified atom stereocenters. The Hall–Kier alpha value is -0.160. The molecule has 0 aromatic heterocycles. The van der Waals surface area contributed by atoms with Gasteiger partial charge in [-0.2, -0.15) is 0 Å². The zero-order valence-electron chi connectivity index (χ0n) is 9.69. The Labute approximate surface area is 87.8 Å². The Kier molecular flexibility index (Phi) is 10.8. The smallest absolute Gasteiger partial charge is 0.0825 e. The van der Waals surface area contributed by atoms with Gasteiger partial charge in [-0.15, -0.1) is 0 Å². The first-order valence-electron chi connectivity index (χ1n) is 6.06. The molecule has 0 spiro atoms. The van der Waals surface area contributed by atoms with Crippen molar-refractivity contribution in [3.05, 3.63) is 0 Å². The van der Waals surface area contributed by atoms with Gasteiger partial charge in [0.2, 0.25) is 0 Å². The van der Waals surface area contributed by atoms with Crippen LogP contribution in [-0.2, 0) is 0 Å². The van der Waals surface area contributed by atoms with Crippen molar-refractivity contribution in [1.82, 2.24) is 0 Å². The molecule has 0 saturated heterocycles. The number of rotatable bonds is 10. The van der Waals surface area contributed by atoms with E-state index in [9.17, 15) is 0 Å². The molecule has 0 amide bonds. The van der Waals surface area contributed by atoms with Crippen LogP contribution in [0.1, 0.15) is 25.7 Å². The summed E-state index contributed by atoms with van der Waals surface area (Å²) in [4.78, 5) is 1.74. The Morgan fingerprint density at radius 2 is 1.00 bits per heavy atom. The highest BCUT2D eigenvalue weighted by Crippen LogP contribution is 1.79. The maximum absolute atomic E-state index is 3.90. The minimum atomic E-state index is 1.07. The van der Waals surface area contributed by atoms with E-state index >= 15 is 0 Å². The van der Waals surface area contributed by atoms with Gasteiger partial charge in [-0.1, -0.05) is 0 Å². The molecule has 14 heavy (non-hydrogen) atoms. The van der Waals surface area contributed by atoms with Crippen LogP contribution in [0.2, 0.25) is 0 Å². The summed E-state index contributed by atoms with van der Waals surface area (Å²) in [6.45, 7) is 7.13. The quantitative estimate of drug-likeness (QED) is 0.264. The van der Waals surface area contributed by atoms with E-state index in [2.05, 4.69) is 17.2 Å². The van der Waals surface area contributed by atoms with Gasteiger partial charge in [0, 0.05) is 25.7 Å². The van der Waals surface area contributed by atoms with E-state index in [0.717, 1.165) is 19.6 Å². The summed E-state index contributed by atoms with van der Waals surface area (Å²) >= 11 is 0. The van der Waals surface area contributed by atoms with Gasteiger partial charge >= 0.3 is 0 Å². The maximum atomic E-state index is 3.90. The highest BCUT2D eigenvalue weighted by molar-refractivity contribution is 4.38. The molecule has 0 aromatic carbocycles. The SMILES string of the molecule is [NH3+]CCCC[NH+](CCC[NH3+])CCC[NH3+]. The highest BCUT2D eigenvalue weighted by Gasteiger charge is 2.07. The van der Waals surface area contributed by atoms with E-state index in [1.165, 1.54) is 45.3 Å². The van der Waals surface area contributed by atoms with Crippen LogP contribution in [0.15, 0.2) is 0 Å². The van der Waals surface area contributed by atoms with Crippen LogP contribution in [0.3, 0.4) is 0 Å². The maximum Gasteiger partial charge on any atom is 0.0825 e. The first-order chi connectivity index (χ1) is 6.85. The molecule has 0 radical (unpaired) electrons. The second kappa shape index (κ2) is 10.9. The molecule has 0 aromatic rings. The molecule has 0 atom stereocenters. The molecular formula is C10H30N4+4. The number of hydrogen-bond acceptors (Lipinski definition) is 0. The molecule has 0 aliphatic heterocycles. The standard InChI is InChI=1S/C10H26N4/c11-5-1-2-8-14(9-3-6-12)10-4-7-13/h1-13H2/p+4. The fraction of sp³-hybridized carbons (Fsp3) is 1.00. The van der Waals surface area contributed by atoms with Crippen molar-refractivity contribution < 1.29 is 22.1 Å². The first kappa shape index (κ1) is 13.8. The Balaban J connectivity index is 3.49. The van der Waals surface area contributed by atoms with Crippen molar-refractivity contribution in [2.24, 2.45) is 0 Å². The van der Waals surface area contributed by atoms with Gasteiger partial charge in [-0.25, -0.2) is 0 Å². The number of hydrogen-bond donors (Lipinski definition) is 4. The second-order valence-corrected chi connectivity index (χ2v) is 3.97. The van der Waals surface area contributed by atoms with Gasteiger partial charge in [-0.05, 0) is 0 Å². The molecular weight excluding hydrogens is 176 g/mol. The van der Waals surface area contributed by atoms with Crippen molar-refractivity contribution in [3.63, 3.8) is 0 Å². The minimum absolute atomic E-state index is 1.07. The van der Waals surface area contributed by atoms with Gasteiger partial charge < -0.3 is 22.1 Å². The third kappa shape index (κ3) is 8.44. The number of unbranched alkanes of at least 4 members (excludes halogenated alkanes) is 1. The highest BCUT2D eigenvalue weighted by atomic mass is 15.1. The number of nitrogens with one attached hydrogen (secondary N) is 1. The number of quaternary nitrogens is 4. The minimum Gasteiger partial charge on any atom is -0.358 e. The summed E-state index contributed by atoms with van der Waals surface area (Å²) in [5, 5.41) is 0. The summed E-state index contributed by atoms with van der Waals surface area (Å²) in [6, 6.07) is 0. The molecule has 0 aliphatic rings. The third-order valence-corrected chi connectivity index (χ3v) is 2.59. The lowest BCUT2D eigenvalue weighted by Gasteiger charge is -2.17. The van der Waals surface area contributed by atoms with Crippen molar-refractivity contribution >= 4 is 0 Å². The van der Waals surface area contributed by atoms with Crippen molar-refractivity contribution in [1.29, 1.82) is 0 Å². The van der Waals surface area contributed by atoms with Crippen LogP contribution in [0.5, 0.6) is 0 Å². The summed E-state index contributed by atoms with van der Waals surface area (Å²) in [5.74, 6) is 0. The van der Waals surface area contributed by atoms with Crippen LogP contribution in [-0.4, -0.2) is 39.3 Å². The molecule has 0 bridgehead atoms.